The number of hydrogen-bond acceptors (Lipinski definition) is 2. The lowest BCUT2D eigenvalue weighted by atomic mass is 10.1. The molecule has 0 saturated heterocycles. The van der Waals surface area contributed by atoms with Crippen molar-refractivity contribution < 1.29 is 0 Å². The van der Waals surface area contributed by atoms with Gasteiger partial charge in [-0.05, 0) is 39.9 Å². The summed E-state index contributed by atoms with van der Waals surface area (Å²) in [5.41, 5.74) is 7.58. The summed E-state index contributed by atoms with van der Waals surface area (Å²) >= 11 is 3.50. The molecule has 0 fully saturated rings. The van der Waals surface area contributed by atoms with Gasteiger partial charge in [-0.15, -0.1) is 0 Å². The third-order valence-electron chi connectivity index (χ3n) is 2.77. The summed E-state index contributed by atoms with van der Waals surface area (Å²) in [6, 6.07) is 5.98. The minimum Gasteiger partial charge on any atom is -0.384 e. The van der Waals surface area contributed by atoms with Crippen LogP contribution in [0.25, 0.3) is 0 Å². The Kier molecular flexibility index (Phi) is 5.85. The minimum atomic E-state index is 0.111. The number of nitrogens with one attached hydrogen (secondary N) is 1. The average molecular weight is 326 g/mol. The highest BCUT2D eigenvalue weighted by Gasteiger charge is 2.17. The van der Waals surface area contributed by atoms with E-state index in [0.29, 0.717) is 11.8 Å². The van der Waals surface area contributed by atoms with Crippen molar-refractivity contribution in [1.82, 2.24) is 0 Å². The zero-order valence-corrected chi connectivity index (χ0v) is 13.8. The van der Waals surface area contributed by atoms with E-state index in [4.69, 9.17) is 11.1 Å². The second-order valence-corrected chi connectivity index (χ2v) is 6.59. The van der Waals surface area contributed by atoms with Crippen LogP contribution in [0.2, 0.25) is 0 Å². The third-order valence-corrected chi connectivity index (χ3v) is 3.43. The van der Waals surface area contributed by atoms with Gasteiger partial charge >= 0.3 is 0 Å². The molecule has 1 aromatic rings. The van der Waals surface area contributed by atoms with Gasteiger partial charge in [0.05, 0.1) is 5.56 Å². The fourth-order valence-electron chi connectivity index (χ4n) is 2.20. The van der Waals surface area contributed by atoms with Gasteiger partial charge in [0, 0.05) is 23.2 Å². The summed E-state index contributed by atoms with van der Waals surface area (Å²) in [5, 5.41) is 7.80. The fourth-order valence-corrected chi connectivity index (χ4v) is 2.76. The molecule has 3 nitrogen and oxygen atoms in total. The van der Waals surface area contributed by atoms with Gasteiger partial charge in [-0.2, -0.15) is 0 Å². The molecule has 0 radical (unpaired) electrons. The van der Waals surface area contributed by atoms with E-state index in [1.165, 1.54) is 0 Å². The number of benzene rings is 1. The summed E-state index contributed by atoms with van der Waals surface area (Å²) in [6.07, 6.45) is 0. The number of nitrogen functional groups attached to an aromatic ring is 1. The molecule has 106 valence electrons. The average Bonchev–Trinajstić information content (AvgIpc) is 2.25. The Morgan fingerprint density at radius 2 is 1.74 bits per heavy atom. The van der Waals surface area contributed by atoms with Gasteiger partial charge in [0.1, 0.15) is 5.84 Å². The lowest BCUT2D eigenvalue weighted by Crippen LogP contribution is -2.33. The van der Waals surface area contributed by atoms with Crippen LogP contribution in [0.3, 0.4) is 0 Å². The molecular weight excluding hydrogens is 302 g/mol. The van der Waals surface area contributed by atoms with E-state index in [1.54, 1.807) is 0 Å². The van der Waals surface area contributed by atoms with Crippen LogP contribution < -0.4 is 10.6 Å². The van der Waals surface area contributed by atoms with Crippen molar-refractivity contribution in [3.05, 3.63) is 28.2 Å². The smallest absolute Gasteiger partial charge is 0.126 e. The van der Waals surface area contributed by atoms with Crippen LogP contribution >= 0.6 is 15.9 Å². The van der Waals surface area contributed by atoms with Crippen molar-refractivity contribution in [3.63, 3.8) is 0 Å². The lowest BCUT2D eigenvalue weighted by molar-refractivity contribution is 0.552. The predicted octanol–water partition coefficient (Wildman–Crippen LogP) is 3.85. The number of rotatable bonds is 6. The van der Waals surface area contributed by atoms with Gasteiger partial charge in [0.15, 0.2) is 0 Å². The highest BCUT2D eigenvalue weighted by Crippen LogP contribution is 2.28. The van der Waals surface area contributed by atoms with E-state index in [0.717, 1.165) is 28.8 Å². The second-order valence-electron chi connectivity index (χ2n) is 5.74. The minimum absolute atomic E-state index is 0.111. The Hall–Kier alpha value is -1.03. The number of nitrogens with two attached hydrogens (primary N) is 1. The van der Waals surface area contributed by atoms with E-state index in [9.17, 15) is 0 Å². The molecule has 19 heavy (non-hydrogen) atoms. The third kappa shape index (κ3) is 4.53. The molecule has 1 aromatic carbocycles. The Morgan fingerprint density at radius 3 is 2.16 bits per heavy atom. The van der Waals surface area contributed by atoms with E-state index < -0.39 is 0 Å². The SMILES string of the molecule is CC(C)CN(CC(C)C)c1cccc(Br)c1C(=N)N. The molecule has 0 amide bonds. The highest BCUT2D eigenvalue weighted by atomic mass is 79.9. The Bertz CT molecular complexity index is 431. The van der Waals surface area contributed by atoms with Crippen molar-refractivity contribution in [1.29, 1.82) is 5.41 Å². The monoisotopic (exact) mass is 325 g/mol. The fraction of sp³-hybridized carbons (Fsp3) is 0.533. The largest absolute Gasteiger partial charge is 0.384 e. The highest BCUT2D eigenvalue weighted by molar-refractivity contribution is 9.10. The van der Waals surface area contributed by atoms with E-state index in [1.807, 2.05) is 18.2 Å². The molecule has 0 aliphatic carbocycles. The van der Waals surface area contributed by atoms with Gasteiger partial charge in [-0.1, -0.05) is 33.8 Å². The van der Waals surface area contributed by atoms with Crippen molar-refractivity contribution in [2.75, 3.05) is 18.0 Å². The summed E-state index contributed by atoms with van der Waals surface area (Å²) in [5.74, 6) is 1.25. The first-order valence-electron chi connectivity index (χ1n) is 6.70. The molecule has 0 heterocycles. The van der Waals surface area contributed by atoms with E-state index in [-0.39, 0.29) is 5.84 Å². The molecule has 0 spiro atoms. The number of anilines is 1. The first-order chi connectivity index (χ1) is 8.82. The molecule has 0 aliphatic heterocycles. The van der Waals surface area contributed by atoms with Crippen molar-refractivity contribution in [2.45, 2.75) is 27.7 Å². The number of amidine groups is 1. The second kappa shape index (κ2) is 6.94. The van der Waals surface area contributed by atoms with Crippen LogP contribution in [0.15, 0.2) is 22.7 Å². The maximum absolute atomic E-state index is 7.80. The van der Waals surface area contributed by atoms with Crippen LogP contribution in [0.4, 0.5) is 5.69 Å². The van der Waals surface area contributed by atoms with Gasteiger partial charge in [0.2, 0.25) is 0 Å². The van der Waals surface area contributed by atoms with Crippen molar-refractivity contribution >= 4 is 27.5 Å². The summed E-state index contributed by atoms with van der Waals surface area (Å²) in [6.45, 7) is 10.8. The maximum Gasteiger partial charge on any atom is 0.126 e. The van der Waals surface area contributed by atoms with Crippen LogP contribution in [0, 0.1) is 17.2 Å². The van der Waals surface area contributed by atoms with Crippen LogP contribution in [-0.4, -0.2) is 18.9 Å². The summed E-state index contributed by atoms with van der Waals surface area (Å²) in [4.78, 5) is 2.33. The maximum atomic E-state index is 7.80. The van der Waals surface area contributed by atoms with Gasteiger partial charge in [-0.25, -0.2) is 0 Å². The zero-order valence-electron chi connectivity index (χ0n) is 12.2. The van der Waals surface area contributed by atoms with E-state index >= 15 is 0 Å². The molecular formula is C15H24BrN3. The molecule has 0 bridgehead atoms. The zero-order chi connectivity index (χ0) is 14.6. The molecule has 0 unspecified atom stereocenters. The van der Waals surface area contributed by atoms with Gasteiger partial charge < -0.3 is 10.6 Å². The number of nitrogens with zero attached hydrogens (tertiary/aromatic N) is 1. The topological polar surface area (TPSA) is 53.1 Å². The van der Waals surface area contributed by atoms with E-state index in [2.05, 4.69) is 48.5 Å². The van der Waals surface area contributed by atoms with Gasteiger partial charge in [0.25, 0.3) is 0 Å². The summed E-state index contributed by atoms with van der Waals surface area (Å²) in [7, 11) is 0. The quantitative estimate of drug-likeness (QED) is 0.616. The number of hydrogen-bond donors (Lipinski definition) is 2. The molecule has 1 rings (SSSR count). The first kappa shape index (κ1) is 16.0. The Morgan fingerprint density at radius 1 is 1.21 bits per heavy atom. The Balaban J connectivity index is 3.21. The standard InChI is InChI=1S/C15H24BrN3/c1-10(2)8-19(9-11(3)4)13-7-5-6-12(16)14(13)15(17)18/h5-7,10-11H,8-9H2,1-4H3,(H3,17,18). The molecule has 0 atom stereocenters. The molecule has 0 aromatic heterocycles. The summed E-state index contributed by atoms with van der Waals surface area (Å²) < 4.78 is 0.884. The lowest BCUT2D eigenvalue weighted by Gasteiger charge is -2.30. The van der Waals surface area contributed by atoms with Crippen LogP contribution in [-0.2, 0) is 0 Å². The first-order valence-corrected chi connectivity index (χ1v) is 7.50. The van der Waals surface area contributed by atoms with Crippen LogP contribution in [0.1, 0.15) is 33.3 Å². The van der Waals surface area contributed by atoms with Crippen molar-refractivity contribution in [2.24, 2.45) is 17.6 Å². The molecule has 3 N–H and O–H groups in total. The number of halogens is 1. The molecule has 0 aliphatic rings. The molecule has 0 saturated carbocycles. The molecule has 4 heteroatoms. The Labute approximate surface area is 124 Å². The predicted molar refractivity (Wildman–Crippen MR) is 87.0 cm³/mol. The van der Waals surface area contributed by atoms with Gasteiger partial charge in [-0.3, -0.25) is 5.41 Å². The van der Waals surface area contributed by atoms with Crippen LogP contribution in [0.5, 0.6) is 0 Å². The van der Waals surface area contributed by atoms with Crippen molar-refractivity contribution in [3.8, 4) is 0 Å². The normalized spacial score (nSPS) is 11.1.